The van der Waals surface area contributed by atoms with Gasteiger partial charge in [-0.3, -0.25) is 19.1 Å². The Balaban J connectivity index is 1.28. The quantitative estimate of drug-likeness (QED) is 0.254. The number of ether oxygens (including phenoxy) is 3. The van der Waals surface area contributed by atoms with Crippen LogP contribution in [0.3, 0.4) is 0 Å². The highest BCUT2D eigenvalue weighted by atomic mass is 79.9. The lowest BCUT2D eigenvalue weighted by Crippen LogP contribution is -2.56. The number of carbonyl (C=O) groups is 3. The number of sulfonamides is 1. The van der Waals surface area contributed by atoms with Gasteiger partial charge in [0.15, 0.2) is 0 Å². The molecule has 3 fully saturated rings. The first-order valence-corrected chi connectivity index (χ1v) is 18.2. The van der Waals surface area contributed by atoms with Crippen molar-refractivity contribution in [2.45, 2.75) is 62.0 Å². The minimum absolute atomic E-state index is 0.0579. The second-order valence-corrected chi connectivity index (χ2v) is 15.1. The summed E-state index contributed by atoms with van der Waals surface area (Å²) in [6, 6.07) is 13.6. The van der Waals surface area contributed by atoms with Crippen molar-refractivity contribution in [3.63, 3.8) is 0 Å². The van der Waals surface area contributed by atoms with Crippen LogP contribution in [0.2, 0.25) is 0 Å². The maximum Gasteiger partial charge on any atom is 0.370 e. The number of fused-ring (bicyclic) bond motifs is 1. The predicted molar refractivity (Wildman–Crippen MR) is 180 cm³/mol. The third-order valence-corrected chi connectivity index (χ3v) is 11.6. The number of hydrogen-bond donors (Lipinski definition) is 2. The van der Waals surface area contributed by atoms with Crippen molar-refractivity contribution in [2.24, 2.45) is 5.92 Å². The Bertz CT molecular complexity index is 1870. The standard InChI is InChI=1S/C34H37BrN4O8S/c1-4-21-18-34(21,33(42)38-48(43,44)23-11-12-23)37-32(41)25-16-22(19-39(25)29(40)15-20-9-7-6-8-10-20)47-27-17-28(46-5-2)36-31-24(27)13-14-26(45-3)30(31)35/h4,6-10,13-14,17,21-23,25H,1,5,11-12,15-16,18-19H2,2-3H3,(H,37,41)(H,38,42)/p+1/t21?,22-,25+,34-/m1/s1. The average Bonchev–Trinajstić information content (AvgIpc) is 3.99. The zero-order chi connectivity index (χ0) is 34.2. The Morgan fingerprint density at radius 2 is 1.90 bits per heavy atom. The van der Waals surface area contributed by atoms with Crippen LogP contribution in [0.1, 0.15) is 38.2 Å². The highest BCUT2D eigenvalue weighted by molar-refractivity contribution is 9.10. The molecule has 2 aromatic carbocycles. The molecule has 0 spiro atoms. The molecule has 2 aliphatic carbocycles. The maximum atomic E-state index is 14.0. The third kappa shape index (κ3) is 6.73. The number of likely N-dealkylation sites (tertiary alicyclic amines) is 1. The first-order valence-electron chi connectivity index (χ1n) is 15.9. The lowest BCUT2D eigenvalue weighted by Gasteiger charge is -2.26. The Hall–Kier alpha value is -4.17. The van der Waals surface area contributed by atoms with E-state index >= 15 is 0 Å². The van der Waals surface area contributed by atoms with Gasteiger partial charge in [-0.2, -0.15) is 4.98 Å². The van der Waals surface area contributed by atoms with E-state index in [1.54, 1.807) is 19.2 Å². The fourth-order valence-corrected chi connectivity index (χ4v) is 8.18. The van der Waals surface area contributed by atoms with Gasteiger partial charge in [-0.1, -0.05) is 36.4 Å². The lowest BCUT2D eigenvalue weighted by atomic mass is 10.1. The number of halogens is 1. The number of methoxy groups -OCH3 is 1. The lowest BCUT2D eigenvalue weighted by molar-refractivity contribution is -0.363. The van der Waals surface area contributed by atoms with Crippen LogP contribution in [0.25, 0.3) is 10.9 Å². The molecule has 2 saturated carbocycles. The number of H-pyrrole nitrogens is 1. The molecule has 0 bridgehead atoms. The smallest absolute Gasteiger partial charge is 0.370 e. The highest BCUT2D eigenvalue weighted by Gasteiger charge is 2.62. The first-order chi connectivity index (χ1) is 23.0. The normalized spacial score (nSPS) is 23.3. The Labute approximate surface area is 287 Å². The summed E-state index contributed by atoms with van der Waals surface area (Å²) in [6.45, 7) is 6.14. The van der Waals surface area contributed by atoms with Gasteiger partial charge in [0, 0.05) is 12.3 Å². The minimum atomic E-state index is -3.85. The summed E-state index contributed by atoms with van der Waals surface area (Å²) in [4.78, 5) is 45.9. The fourth-order valence-electron chi connectivity index (χ4n) is 6.21. The molecule has 1 unspecified atom stereocenters. The molecular weight excluding hydrogens is 704 g/mol. The molecule has 254 valence electrons. The van der Waals surface area contributed by atoms with E-state index in [2.05, 4.69) is 37.5 Å². The molecule has 1 aromatic heterocycles. The van der Waals surface area contributed by atoms with Crippen LogP contribution >= 0.6 is 15.9 Å². The van der Waals surface area contributed by atoms with Crippen molar-refractivity contribution in [3.05, 3.63) is 71.2 Å². The zero-order valence-electron chi connectivity index (χ0n) is 26.7. The van der Waals surface area contributed by atoms with Gasteiger partial charge in [0.1, 0.15) is 33.7 Å². The van der Waals surface area contributed by atoms with Crippen LogP contribution in [0.4, 0.5) is 0 Å². The minimum Gasteiger partial charge on any atom is -0.495 e. The molecule has 1 aliphatic heterocycles. The summed E-state index contributed by atoms with van der Waals surface area (Å²) < 4.78 is 45.8. The number of pyridine rings is 1. The summed E-state index contributed by atoms with van der Waals surface area (Å²) in [7, 11) is -2.28. The molecule has 3 aromatic rings. The molecule has 1 saturated heterocycles. The number of nitrogens with zero attached hydrogens (tertiary/aromatic N) is 1. The Morgan fingerprint density at radius 1 is 1.15 bits per heavy atom. The van der Waals surface area contributed by atoms with Crippen molar-refractivity contribution in [2.75, 3.05) is 20.3 Å². The van der Waals surface area contributed by atoms with Crippen LogP contribution < -0.4 is 29.2 Å². The monoisotopic (exact) mass is 741 g/mol. The van der Waals surface area contributed by atoms with E-state index in [1.807, 2.05) is 43.3 Å². The molecule has 4 atom stereocenters. The van der Waals surface area contributed by atoms with Crippen molar-refractivity contribution in [1.29, 1.82) is 0 Å². The average molecular weight is 743 g/mol. The van der Waals surface area contributed by atoms with E-state index in [4.69, 9.17) is 14.2 Å². The van der Waals surface area contributed by atoms with Gasteiger partial charge >= 0.3 is 5.88 Å². The third-order valence-electron chi connectivity index (χ3n) is 9.03. The summed E-state index contributed by atoms with van der Waals surface area (Å²) in [6.07, 6.45) is 2.29. The van der Waals surface area contributed by atoms with E-state index < -0.39 is 50.7 Å². The molecule has 6 rings (SSSR count). The van der Waals surface area contributed by atoms with Crippen LogP contribution in [0, 0.1) is 5.92 Å². The zero-order valence-corrected chi connectivity index (χ0v) is 29.1. The van der Waals surface area contributed by atoms with Crippen molar-refractivity contribution < 1.29 is 42.0 Å². The van der Waals surface area contributed by atoms with E-state index in [1.165, 1.54) is 11.0 Å². The van der Waals surface area contributed by atoms with Gasteiger partial charge < -0.3 is 24.4 Å². The number of aromatic nitrogens is 1. The maximum absolute atomic E-state index is 14.0. The second-order valence-electron chi connectivity index (χ2n) is 12.3. The van der Waals surface area contributed by atoms with Crippen molar-refractivity contribution >= 4 is 54.6 Å². The van der Waals surface area contributed by atoms with Gasteiger partial charge in [0.2, 0.25) is 27.4 Å². The number of benzene rings is 2. The number of nitrogens with one attached hydrogen (secondary N) is 3. The number of rotatable bonds is 13. The largest absolute Gasteiger partial charge is 0.495 e. The number of carbonyl (C=O) groups excluding carboxylic acids is 3. The number of aromatic amines is 1. The van der Waals surface area contributed by atoms with Gasteiger partial charge in [0.05, 0.1) is 43.4 Å². The Kier molecular flexibility index (Phi) is 9.40. The molecule has 0 radical (unpaired) electrons. The summed E-state index contributed by atoms with van der Waals surface area (Å²) in [5.74, 6) is -0.570. The van der Waals surface area contributed by atoms with Crippen LogP contribution in [-0.2, 0) is 30.8 Å². The van der Waals surface area contributed by atoms with Gasteiger partial charge in [0.25, 0.3) is 5.91 Å². The van der Waals surface area contributed by atoms with E-state index in [9.17, 15) is 22.8 Å². The summed E-state index contributed by atoms with van der Waals surface area (Å²) in [5.41, 5.74) is -0.0133. The molecular formula is C34H38BrN4O8S+. The van der Waals surface area contributed by atoms with E-state index in [0.717, 1.165) is 10.9 Å². The molecule has 3 amide bonds. The molecule has 14 heteroatoms. The molecule has 3 N–H and O–H groups in total. The number of hydrogen-bond acceptors (Lipinski definition) is 8. The summed E-state index contributed by atoms with van der Waals surface area (Å²) >= 11 is 3.60. The Morgan fingerprint density at radius 3 is 2.54 bits per heavy atom. The van der Waals surface area contributed by atoms with E-state index in [-0.39, 0.29) is 31.7 Å². The molecule has 3 aliphatic rings. The van der Waals surface area contributed by atoms with Crippen LogP contribution in [-0.4, -0.2) is 74.2 Å². The van der Waals surface area contributed by atoms with E-state index in [0.29, 0.717) is 46.8 Å². The molecule has 12 nitrogen and oxygen atoms in total. The van der Waals surface area contributed by atoms with Crippen LogP contribution in [0.5, 0.6) is 17.4 Å². The van der Waals surface area contributed by atoms with Gasteiger partial charge in [-0.25, -0.2) is 8.42 Å². The van der Waals surface area contributed by atoms with Gasteiger partial charge in [-0.05, 0) is 59.8 Å². The molecule has 48 heavy (non-hydrogen) atoms. The first kappa shape index (κ1) is 33.7. The second kappa shape index (κ2) is 13.4. The molecule has 2 heterocycles. The van der Waals surface area contributed by atoms with Crippen molar-refractivity contribution in [3.8, 4) is 17.4 Å². The van der Waals surface area contributed by atoms with Crippen molar-refractivity contribution in [1.82, 2.24) is 14.9 Å². The fraction of sp³-hybridized carbons (Fsp3) is 0.412. The van der Waals surface area contributed by atoms with Crippen LogP contribution in [0.15, 0.2) is 65.7 Å². The number of amides is 3. The van der Waals surface area contributed by atoms with Gasteiger partial charge in [-0.15, -0.1) is 6.58 Å². The topological polar surface area (TPSA) is 154 Å². The SMILES string of the molecule is C=CC1C[C@]1(NC(=O)[C@@H]1C[C@@H](Oc2cc(OCC)[nH+]c3c(Br)c(OC)ccc23)CN1C(=O)Cc1ccccc1)C(=O)NS(=O)(=O)C1CC1. The highest BCUT2D eigenvalue weighted by Crippen LogP contribution is 2.45. The summed E-state index contributed by atoms with van der Waals surface area (Å²) in [5, 5.41) is 2.94. The predicted octanol–water partition coefficient (Wildman–Crippen LogP) is 3.08.